The second-order valence-electron chi connectivity index (χ2n) is 7.66. The molecule has 0 aromatic heterocycles. The van der Waals surface area contributed by atoms with E-state index in [4.69, 9.17) is 11.6 Å². The topological polar surface area (TPSA) is 47.3 Å². The van der Waals surface area contributed by atoms with Crippen molar-refractivity contribution in [2.75, 3.05) is 26.2 Å². The van der Waals surface area contributed by atoms with Gasteiger partial charge in [0.1, 0.15) is 0 Å². The number of piperazine rings is 1. The van der Waals surface area contributed by atoms with Crippen molar-refractivity contribution in [1.82, 2.24) is 9.21 Å². The van der Waals surface area contributed by atoms with Crippen LogP contribution in [0.2, 0.25) is 5.02 Å². The van der Waals surface area contributed by atoms with E-state index in [9.17, 15) is 10.1 Å². The van der Waals surface area contributed by atoms with E-state index < -0.39 is 0 Å². The van der Waals surface area contributed by atoms with Crippen molar-refractivity contribution in [3.63, 3.8) is 0 Å². The Bertz CT molecular complexity index is 1090. The third kappa shape index (κ3) is 8.13. The summed E-state index contributed by atoms with van der Waals surface area (Å²) in [6.45, 7) is 7.17. The van der Waals surface area contributed by atoms with Gasteiger partial charge in [-0.25, -0.2) is 4.31 Å². The van der Waals surface area contributed by atoms with E-state index in [-0.39, 0.29) is 0 Å². The monoisotopic (exact) mass is 495 g/mol. The second kappa shape index (κ2) is 12.7. The van der Waals surface area contributed by atoms with Crippen molar-refractivity contribution in [1.29, 1.82) is 5.26 Å². The van der Waals surface area contributed by atoms with Crippen molar-refractivity contribution in [3.05, 3.63) is 88.4 Å². The van der Waals surface area contributed by atoms with Crippen molar-refractivity contribution in [3.8, 4) is 6.07 Å². The number of halogens is 1. The number of amides is 1. The highest BCUT2D eigenvalue weighted by atomic mass is 35.5. The van der Waals surface area contributed by atoms with Crippen LogP contribution in [0.15, 0.2) is 81.4 Å². The van der Waals surface area contributed by atoms with Gasteiger partial charge in [-0.1, -0.05) is 59.3 Å². The number of benzene rings is 3. The molecule has 170 valence electrons. The highest BCUT2D eigenvalue weighted by molar-refractivity contribution is 8.01. The molecule has 1 fully saturated rings. The summed E-state index contributed by atoms with van der Waals surface area (Å²) in [6.07, 6.45) is 0.904. The number of hydrogen-bond donors (Lipinski definition) is 0. The Kier molecular flexibility index (Phi) is 9.71. The zero-order valence-corrected chi connectivity index (χ0v) is 21.1. The minimum Gasteiger partial charge on any atom is -0.343 e. The minimum atomic E-state index is 0.644. The van der Waals surface area contributed by atoms with Crippen LogP contribution in [-0.2, 0) is 4.79 Å². The molecule has 1 aliphatic heterocycles. The van der Waals surface area contributed by atoms with Crippen LogP contribution in [0.1, 0.15) is 16.7 Å². The number of carbonyl (C=O) groups excluding carboxylic acids is 1. The van der Waals surface area contributed by atoms with Gasteiger partial charge in [-0.05, 0) is 67.8 Å². The molecule has 0 spiro atoms. The van der Waals surface area contributed by atoms with Gasteiger partial charge in [0.25, 0.3) is 0 Å². The first-order chi connectivity index (χ1) is 16.0. The third-order valence-corrected chi connectivity index (χ3v) is 7.46. The Hall–Kier alpha value is -2.43. The molecule has 0 saturated carbocycles. The van der Waals surface area contributed by atoms with Crippen LogP contribution in [0.25, 0.3) is 0 Å². The number of hydrogen-bond acceptors (Lipinski definition) is 5. The van der Waals surface area contributed by atoms with Gasteiger partial charge >= 0.3 is 0 Å². The Morgan fingerprint density at radius 1 is 0.909 bits per heavy atom. The van der Waals surface area contributed by atoms with Crippen LogP contribution in [0.3, 0.4) is 0 Å². The lowest BCUT2D eigenvalue weighted by Crippen LogP contribution is -2.42. The fourth-order valence-electron chi connectivity index (χ4n) is 3.20. The number of rotatable bonds is 5. The zero-order chi connectivity index (χ0) is 23.6. The zero-order valence-electron chi connectivity index (χ0n) is 18.7. The standard InChI is InChI=1S/C19H18ClN3OS2.C7H8/c1-14-8-16(20)11-17(9-14)25-18-3-2-15(12-21)10-19(18)26-23-6-4-22(13-24)5-7-23;1-7-5-3-2-4-6-7/h2-3,8-11,13H,4-7H2,1H3;2-6H,1H3. The van der Waals surface area contributed by atoms with Gasteiger partial charge in [-0.2, -0.15) is 5.26 Å². The molecular weight excluding hydrogens is 470 g/mol. The summed E-state index contributed by atoms with van der Waals surface area (Å²) in [5.74, 6) is 0. The number of carbonyl (C=O) groups is 1. The van der Waals surface area contributed by atoms with Crippen molar-refractivity contribution in [2.24, 2.45) is 0 Å². The highest BCUT2D eigenvalue weighted by Crippen LogP contribution is 2.38. The van der Waals surface area contributed by atoms with Crippen LogP contribution in [0.5, 0.6) is 0 Å². The SMILES string of the molecule is Cc1cc(Cl)cc(Sc2ccc(C#N)cc2SN2CCN(C=O)CC2)c1.Cc1ccccc1. The van der Waals surface area contributed by atoms with Gasteiger partial charge < -0.3 is 4.90 Å². The van der Waals surface area contributed by atoms with E-state index in [1.165, 1.54) is 5.56 Å². The molecule has 1 saturated heterocycles. The first kappa shape index (κ1) is 25.2. The number of nitriles is 1. The van der Waals surface area contributed by atoms with E-state index in [1.807, 2.05) is 55.5 Å². The van der Waals surface area contributed by atoms with Crippen LogP contribution in [0, 0.1) is 25.2 Å². The quantitative estimate of drug-likeness (QED) is 0.301. The van der Waals surface area contributed by atoms with E-state index >= 15 is 0 Å². The molecule has 0 radical (unpaired) electrons. The van der Waals surface area contributed by atoms with E-state index in [0.29, 0.717) is 5.56 Å². The van der Waals surface area contributed by atoms with Crippen LogP contribution in [0.4, 0.5) is 0 Å². The van der Waals surface area contributed by atoms with E-state index in [2.05, 4.69) is 35.5 Å². The Balaban J connectivity index is 0.000000374. The number of nitrogens with zero attached hydrogens (tertiary/aromatic N) is 3. The predicted molar refractivity (Wildman–Crippen MR) is 138 cm³/mol. The minimum absolute atomic E-state index is 0.644. The molecule has 0 unspecified atom stereocenters. The molecule has 3 aromatic carbocycles. The summed E-state index contributed by atoms with van der Waals surface area (Å²) in [7, 11) is 0. The molecule has 1 aliphatic rings. The average molecular weight is 496 g/mol. The summed E-state index contributed by atoms with van der Waals surface area (Å²) < 4.78 is 2.24. The highest BCUT2D eigenvalue weighted by Gasteiger charge is 2.18. The summed E-state index contributed by atoms with van der Waals surface area (Å²) in [6, 6.07) is 24.2. The molecule has 0 N–H and O–H groups in total. The Morgan fingerprint density at radius 2 is 1.64 bits per heavy atom. The first-order valence-corrected chi connectivity index (χ1v) is 12.6. The molecule has 1 amide bonds. The van der Waals surface area contributed by atoms with E-state index in [0.717, 1.165) is 57.9 Å². The van der Waals surface area contributed by atoms with Crippen molar-refractivity contribution < 1.29 is 4.79 Å². The molecule has 0 aliphatic carbocycles. The summed E-state index contributed by atoms with van der Waals surface area (Å²) in [4.78, 5) is 15.9. The van der Waals surface area contributed by atoms with Crippen LogP contribution in [-0.4, -0.2) is 41.8 Å². The van der Waals surface area contributed by atoms with Gasteiger partial charge in [0.15, 0.2) is 0 Å². The molecule has 0 atom stereocenters. The molecule has 0 bridgehead atoms. The third-order valence-electron chi connectivity index (χ3n) is 4.91. The smallest absolute Gasteiger partial charge is 0.209 e. The maximum Gasteiger partial charge on any atom is 0.209 e. The molecular formula is C26H26ClN3OS2. The molecule has 4 nitrogen and oxygen atoms in total. The van der Waals surface area contributed by atoms with Crippen molar-refractivity contribution in [2.45, 2.75) is 28.5 Å². The maximum atomic E-state index is 10.9. The van der Waals surface area contributed by atoms with Crippen LogP contribution >= 0.6 is 35.3 Å². The van der Waals surface area contributed by atoms with Gasteiger partial charge in [0.05, 0.1) is 11.6 Å². The van der Waals surface area contributed by atoms with Gasteiger partial charge in [-0.15, -0.1) is 0 Å². The lowest BCUT2D eigenvalue weighted by Gasteiger charge is -2.31. The van der Waals surface area contributed by atoms with Gasteiger partial charge in [-0.3, -0.25) is 4.79 Å². The molecule has 4 rings (SSSR count). The normalized spacial score (nSPS) is 13.6. The summed E-state index contributed by atoms with van der Waals surface area (Å²) in [5, 5.41) is 9.97. The Morgan fingerprint density at radius 3 is 2.21 bits per heavy atom. The van der Waals surface area contributed by atoms with Gasteiger partial charge in [0, 0.05) is 45.9 Å². The first-order valence-electron chi connectivity index (χ1n) is 10.6. The fraction of sp³-hybridized carbons (Fsp3) is 0.231. The molecule has 33 heavy (non-hydrogen) atoms. The van der Waals surface area contributed by atoms with E-state index in [1.54, 1.807) is 28.6 Å². The average Bonchev–Trinajstić information content (AvgIpc) is 2.81. The summed E-state index contributed by atoms with van der Waals surface area (Å²) in [5.41, 5.74) is 3.08. The van der Waals surface area contributed by atoms with Crippen molar-refractivity contribution >= 4 is 41.7 Å². The molecule has 7 heteroatoms. The maximum absolute atomic E-state index is 10.9. The fourth-order valence-corrected chi connectivity index (χ4v) is 5.73. The summed E-state index contributed by atoms with van der Waals surface area (Å²) >= 11 is 9.48. The molecule has 3 aromatic rings. The lowest BCUT2D eigenvalue weighted by molar-refractivity contribution is -0.119. The number of aryl methyl sites for hydroxylation is 2. The van der Waals surface area contributed by atoms with Crippen LogP contribution < -0.4 is 0 Å². The second-order valence-corrected chi connectivity index (χ2v) is 10.3. The predicted octanol–water partition coefficient (Wildman–Crippen LogP) is 6.45. The largest absolute Gasteiger partial charge is 0.343 e. The van der Waals surface area contributed by atoms with Gasteiger partial charge in [0.2, 0.25) is 6.41 Å². The molecule has 1 heterocycles. The Labute approximate surface area is 209 Å². The lowest BCUT2D eigenvalue weighted by atomic mass is 10.2.